The number of para-hydroxylation sites is 2. The first kappa shape index (κ1) is 21.7. The molecule has 0 saturated carbocycles. The summed E-state index contributed by atoms with van der Waals surface area (Å²) in [6, 6.07) is 32.4. The first-order valence-electron chi connectivity index (χ1n) is 9.78. The van der Waals surface area contributed by atoms with Gasteiger partial charge in [0.15, 0.2) is 0 Å². The van der Waals surface area contributed by atoms with E-state index in [1.807, 2.05) is 48.5 Å². The van der Waals surface area contributed by atoms with E-state index in [2.05, 4.69) is 0 Å². The number of esters is 2. The van der Waals surface area contributed by atoms with Crippen LogP contribution >= 0.6 is 21.6 Å². The van der Waals surface area contributed by atoms with Gasteiger partial charge < -0.3 is 9.47 Å². The second kappa shape index (κ2) is 10.7. The topological polar surface area (TPSA) is 52.6 Å². The second-order valence-electron chi connectivity index (χ2n) is 6.57. The Morgan fingerprint density at radius 3 is 1.22 bits per heavy atom. The van der Waals surface area contributed by atoms with E-state index in [1.165, 1.54) is 21.6 Å². The van der Waals surface area contributed by atoms with Crippen LogP contribution in [0.5, 0.6) is 11.5 Å². The number of ether oxygens (including phenoxy) is 2. The number of hydrogen-bond acceptors (Lipinski definition) is 6. The van der Waals surface area contributed by atoms with E-state index in [-0.39, 0.29) is 0 Å². The van der Waals surface area contributed by atoms with E-state index in [1.54, 1.807) is 60.7 Å². The molecular weight excluding hydrogens is 440 g/mol. The monoisotopic (exact) mass is 458 g/mol. The minimum Gasteiger partial charge on any atom is -0.422 e. The normalized spacial score (nSPS) is 10.4. The van der Waals surface area contributed by atoms with Gasteiger partial charge in [0.25, 0.3) is 0 Å². The Bertz CT molecular complexity index is 1110. The summed E-state index contributed by atoms with van der Waals surface area (Å²) in [5.41, 5.74) is 0.969. The van der Waals surface area contributed by atoms with Gasteiger partial charge >= 0.3 is 11.9 Å². The minimum atomic E-state index is -0.416. The largest absolute Gasteiger partial charge is 0.422 e. The Hall–Kier alpha value is -3.48. The van der Waals surface area contributed by atoms with Gasteiger partial charge in [0.05, 0.1) is 20.9 Å². The molecule has 0 radical (unpaired) electrons. The van der Waals surface area contributed by atoms with Crippen LogP contribution in [0.25, 0.3) is 0 Å². The first-order valence-corrected chi connectivity index (χ1v) is 11.9. The fraction of sp³-hybridized carbons (Fsp3) is 0. The molecule has 0 aliphatic rings. The third kappa shape index (κ3) is 5.60. The average molecular weight is 459 g/mol. The quantitative estimate of drug-likeness (QED) is 0.170. The summed E-state index contributed by atoms with van der Waals surface area (Å²) in [5.74, 6) is 0.108. The molecular formula is C26H18O4S2. The van der Waals surface area contributed by atoms with Gasteiger partial charge in [-0.1, -0.05) is 60.7 Å². The molecule has 4 rings (SSSR count). The molecule has 0 aliphatic carbocycles. The maximum atomic E-state index is 12.5. The molecule has 0 unspecified atom stereocenters. The Morgan fingerprint density at radius 2 is 0.812 bits per heavy atom. The highest BCUT2D eigenvalue weighted by Crippen LogP contribution is 2.45. The molecule has 32 heavy (non-hydrogen) atoms. The molecule has 0 amide bonds. The molecule has 0 heterocycles. The molecule has 0 aliphatic heterocycles. The number of rotatable bonds is 7. The molecule has 0 saturated heterocycles. The van der Waals surface area contributed by atoms with Crippen molar-refractivity contribution in [2.24, 2.45) is 0 Å². The second-order valence-corrected chi connectivity index (χ2v) is 8.78. The van der Waals surface area contributed by atoms with E-state index in [9.17, 15) is 9.59 Å². The summed E-state index contributed by atoms with van der Waals surface area (Å²) < 4.78 is 11.2. The maximum Gasteiger partial charge on any atom is 0.343 e. The van der Waals surface area contributed by atoms with Crippen LogP contribution in [0, 0.1) is 0 Å². The van der Waals surface area contributed by atoms with Crippen LogP contribution in [0.3, 0.4) is 0 Å². The highest BCUT2D eigenvalue weighted by Gasteiger charge is 2.15. The third-order valence-corrected chi connectivity index (χ3v) is 6.79. The van der Waals surface area contributed by atoms with Gasteiger partial charge in [0.1, 0.15) is 11.5 Å². The molecule has 4 aromatic rings. The Morgan fingerprint density at radius 1 is 0.469 bits per heavy atom. The number of hydrogen-bond donors (Lipinski definition) is 0. The van der Waals surface area contributed by atoms with E-state index >= 15 is 0 Å². The fourth-order valence-electron chi connectivity index (χ4n) is 2.76. The number of carbonyl (C=O) groups excluding carboxylic acids is 2. The molecule has 0 aromatic heterocycles. The third-order valence-electron chi connectivity index (χ3n) is 4.34. The summed E-state index contributed by atoms with van der Waals surface area (Å²) >= 11 is 0. The van der Waals surface area contributed by atoms with Crippen molar-refractivity contribution in [2.45, 2.75) is 9.79 Å². The molecule has 0 N–H and O–H groups in total. The first-order chi connectivity index (χ1) is 15.7. The van der Waals surface area contributed by atoms with Gasteiger partial charge in [0.2, 0.25) is 0 Å². The molecule has 0 atom stereocenters. The molecule has 0 spiro atoms. The SMILES string of the molecule is O=C(Oc1ccccc1SSc1ccccc1OC(=O)c1ccccc1)c1ccccc1. The predicted molar refractivity (Wildman–Crippen MR) is 127 cm³/mol. The number of benzene rings is 4. The van der Waals surface area contributed by atoms with Crippen LogP contribution < -0.4 is 9.47 Å². The lowest BCUT2D eigenvalue weighted by molar-refractivity contribution is 0.0720. The molecule has 0 bridgehead atoms. The number of carbonyl (C=O) groups is 2. The highest BCUT2D eigenvalue weighted by atomic mass is 33.1. The van der Waals surface area contributed by atoms with Crippen molar-refractivity contribution < 1.29 is 19.1 Å². The maximum absolute atomic E-state index is 12.5. The Labute approximate surface area is 194 Å². The summed E-state index contributed by atoms with van der Waals surface area (Å²) in [5, 5.41) is 0. The predicted octanol–water partition coefficient (Wildman–Crippen LogP) is 6.92. The van der Waals surface area contributed by atoms with Gasteiger partial charge in [-0.25, -0.2) is 9.59 Å². The van der Waals surface area contributed by atoms with Crippen molar-refractivity contribution in [2.75, 3.05) is 0 Å². The van der Waals surface area contributed by atoms with Crippen LogP contribution in [0.2, 0.25) is 0 Å². The van der Waals surface area contributed by atoms with Crippen molar-refractivity contribution in [1.29, 1.82) is 0 Å². The zero-order valence-electron chi connectivity index (χ0n) is 16.8. The zero-order valence-corrected chi connectivity index (χ0v) is 18.5. The zero-order chi connectivity index (χ0) is 22.2. The van der Waals surface area contributed by atoms with Crippen LogP contribution in [-0.4, -0.2) is 11.9 Å². The van der Waals surface area contributed by atoms with Crippen LogP contribution in [0.15, 0.2) is 119 Å². The minimum absolute atomic E-state index is 0.416. The van der Waals surface area contributed by atoms with Gasteiger partial charge in [-0.15, -0.1) is 0 Å². The smallest absolute Gasteiger partial charge is 0.343 e. The lowest BCUT2D eigenvalue weighted by Gasteiger charge is -2.11. The van der Waals surface area contributed by atoms with E-state index in [4.69, 9.17) is 9.47 Å². The van der Waals surface area contributed by atoms with Crippen molar-refractivity contribution in [3.63, 3.8) is 0 Å². The van der Waals surface area contributed by atoms with Gasteiger partial charge in [-0.2, -0.15) is 0 Å². The molecule has 4 aromatic carbocycles. The van der Waals surface area contributed by atoms with E-state index in [0.29, 0.717) is 22.6 Å². The van der Waals surface area contributed by atoms with Crippen LogP contribution in [0.1, 0.15) is 20.7 Å². The average Bonchev–Trinajstić information content (AvgIpc) is 2.85. The lowest BCUT2D eigenvalue weighted by atomic mass is 10.2. The summed E-state index contributed by atoms with van der Waals surface area (Å²) in [6.07, 6.45) is 0. The van der Waals surface area contributed by atoms with Crippen molar-refractivity contribution in [3.8, 4) is 11.5 Å². The van der Waals surface area contributed by atoms with Crippen LogP contribution in [-0.2, 0) is 0 Å². The summed E-state index contributed by atoms with van der Waals surface area (Å²) in [6.45, 7) is 0. The molecule has 4 nitrogen and oxygen atoms in total. The molecule has 158 valence electrons. The molecule has 6 heteroatoms. The highest BCUT2D eigenvalue weighted by molar-refractivity contribution is 8.76. The fourth-order valence-corrected chi connectivity index (χ4v) is 4.96. The standard InChI is InChI=1S/C26H18O4S2/c27-25(19-11-3-1-4-12-19)29-21-15-7-9-17-23(21)31-32-24-18-10-8-16-22(24)30-26(28)20-13-5-2-6-14-20/h1-18H. The van der Waals surface area contributed by atoms with Crippen LogP contribution in [0.4, 0.5) is 0 Å². The van der Waals surface area contributed by atoms with E-state index in [0.717, 1.165) is 9.79 Å². The van der Waals surface area contributed by atoms with Crippen molar-refractivity contribution >= 4 is 33.5 Å². The van der Waals surface area contributed by atoms with Crippen molar-refractivity contribution in [3.05, 3.63) is 120 Å². The molecule has 0 fully saturated rings. The van der Waals surface area contributed by atoms with Gasteiger partial charge in [0, 0.05) is 0 Å². The van der Waals surface area contributed by atoms with Crippen molar-refractivity contribution in [1.82, 2.24) is 0 Å². The Kier molecular flexibility index (Phi) is 7.27. The van der Waals surface area contributed by atoms with E-state index < -0.39 is 11.9 Å². The summed E-state index contributed by atoms with van der Waals surface area (Å²) in [4.78, 5) is 26.5. The Balaban J connectivity index is 1.47. The van der Waals surface area contributed by atoms with Gasteiger partial charge in [-0.05, 0) is 70.1 Å². The van der Waals surface area contributed by atoms with Gasteiger partial charge in [-0.3, -0.25) is 0 Å². The lowest BCUT2D eigenvalue weighted by Crippen LogP contribution is -2.08. The summed E-state index contributed by atoms with van der Waals surface area (Å²) in [7, 11) is 2.85.